The molecule has 5 heteroatoms. The molecule has 0 atom stereocenters. The van der Waals surface area contributed by atoms with Gasteiger partial charge < -0.3 is 19.9 Å². The van der Waals surface area contributed by atoms with Gasteiger partial charge >= 0.3 is 6.16 Å². The van der Waals surface area contributed by atoms with Crippen molar-refractivity contribution in [2.45, 2.75) is 32.9 Å². The maximum atomic E-state index is 11.5. The fraction of sp³-hybridized carbons (Fsp3) is 0.462. The molecule has 0 radical (unpaired) electrons. The molecule has 0 bridgehead atoms. The fourth-order valence-electron chi connectivity index (χ4n) is 1.28. The number of carbonyl (C=O) groups excluding carboxylic acids is 1. The van der Waals surface area contributed by atoms with Crippen molar-refractivity contribution in [1.29, 1.82) is 0 Å². The molecule has 0 aliphatic carbocycles. The van der Waals surface area contributed by atoms with E-state index in [2.05, 4.69) is 0 Å². The van der Waals surface area contributed by atoms with Crippen LogP contribution in [0.1, 0.15) is 26.3 Å². The predicted octanol–water partition coefficient (Wildman–Crippen LogP) is 2.47. The van der Waals surface area contributed by atoms with E-state index in [0.717, 1.165) is 5.56 Å². The van der Waals surface area contributed by atoms with Gasteiger partial charge in [-0.15, -0.1) is 0 Å². The summed E-state index contributed by atoms with van der Waals surface area (Å²) in [7, 11) is 1.50. The summed E-state index contributed by atoms with van der Waals surface area (Å²) in [5, 5.41) is 0. The molecule has 0 spiro atoms. The molecule has 0 saturated heterocycles. The molecule has 2 N–H and O–H groups in total. The highest BCUT2D eigenvalue weighted by molar-refractivity contribution is 5.66. The van der Waals surface area contributed by atoms with Gasteiger partial charge in [0, 0.05) is 6.54 Å². The van der Waals surface area contributed by atoms with Crippen molar-refractivity contribution >= 4 is 6.16 Å². The highest BCUT2D eigenvalue weighted by Crippen LogP contribution is 2.28. The Balaban J connectivity index is 2.81. The van der Waals surface area contributed by atoms with Gasteiger partial charge in [0.15, 0.2) is 11.5 Å². The number of hydrogen-bond acceptors (Lipinski definition) is 5. The molecule has 18 heavy (non-hydrogen) atoms. The summed E-state index contributed by atoms with van der Waals surface area (Å²) in [6, 6.07) is 5.12. The van der Waals surface area contributed by atoms with E-state index in [-0.39, 0.29) is 0 Å². The van der Waals surface area contributed by atoms with Crippen LogP contribution in [0.2, 0.25) is 0 Å². The van der Waals surface area contributed by atoms with Gasteiger partial charge in [0.1, 0.15) is 5.60 Å². The summed E-state index contributed by atoms with van der Waals surface area (Å²) in [4.78, 5) is 11.5. The number of ether oxygens (including phenoxy) is 3. The van der Waals surface area contributed by atoms with E-state index in [1.54, 1.807) is 39.0 Å². The highest BCUT2D eigenvalue weighted by Gasteiger charge is 2.19. The maximum Gasteiger partial charge on any atom is 0.514 e. The second-order valence-electron chi connectivity index (χ2n) is 4.76. The molecule has 0 fully saturated rings. The van der Waals surface area contributed by atoms with Gasteiger partial charge in [0.2, 0.25) is 0 Å². The third-order valence-corrected chi connectivity index (χ3v) is 2.05. The van der Waals surface area contributed by atoms with Gasteiger partial charge in [-0.2, -0.15) is 0 Å². The van der Waals surface area contributed by atoms with Crippen LogP contribution in [-0.4, -0.2) is 18.9 Å². The second kappa shape index (κ2) is 5.73. The van der Waals surface area contributed by atoms with Gasteiger partial charge in [-0.3, -0.25) is 0 Å². The molecule has 0 saturated carbocycles. The van der Waals surface area contributed by atoms with Crippen LogP contribution in [0.5, 0.6) is 11.5 Å². The number of carbonyl (C=O) groups is 1. The third kappa shape index (κ3) is 4.25. The number of methoxy groups -OCH3 is 1. The topological polar surface area (TPSA) is 70.8 Å². The number of rotatable bonds is 3. The highest BCUT2D eigenvalue weighted by atomic mass is 16.7. The predicted molar refractivity (Wildman–Crippen MR) is 67.7 cm³/mol. The quantitative estimate of drug-likeness (QED) is 0.662. The van der Waals surface area contributed by atoms with Crippen molar-refractivity contribution < 1.29 is 19.0 Å². The summed E-state index contributed by atoms with van der Waals surface area (Å²) in [5.74, 6) is 0.757. The van der Waals surface area contributed by atoms with E-state index in [4.69, 9.17) is 19.9 Å². The Kier molecular flexibility index (Phi) is 4.55. The van der Waals surface area contributed by atoms with E-state index >= 15 is 0 Å². The normalized spacial score (nSPS) is 10.9. The van der Waals surface area contributed by atoms with Crippen LogP contribution in [0.4, 0.5) is 4.79 Å². The molecule has 1 aromatic rings. The first-order valence-electron chi connectivity index (χ1n) is 5.63. The molecule has 0 amide bonds. The van der Waals surface area contributed by atoms with Crippen LogP contribution in [0.25, 0.3) is 0 Å². The lowest BCUT2D eigenvalue weighted by Gasteiger charge is -2.19. The molecule has 0 aliphatic rings. The Bertz CT molecular complexity index is 423. The zero-order valence-corrected chi connectivity index (χ0v) is 11.1. The lowest BCUT2D eigenvalue weighted by Crippen LogP contribution is -2.26. The van der Waals surface area contributed by atoms with E-state index in [9.17, 15) is 4.79 Å². The molecule has 0 heterocycles. The lowest BCUT2D eigenvalue weighted by molar-refractivity contribution is 0.0201. The molecular weight excluding hydrogens is 234 g/mol. The first-order chi connectivity index (χ1) is 8.35. The Labute approximate surface area is 107 Å². The summed E-state index contributed by atoms with van der Waals surface area (Å²) in [5.41, 5.74) is 5.82. The molecule has 0 aromatic heterocycles. The minimum absolute atomic E-state index is 0.309. The van der Waals surface area contributed by atoms with Crippen molar-refractivity contribution in [2.75, 3.05) is 7.11 Å². The minimum Gasteiger partial charge on any atom is -0.493 e. The van der Waals surface area contributed by atoms with Crippen LogP contribution >= 0.6 is 0 Å². The fourth-order valence-corrected chi connectivity index (χ4v) is 1.28. The molecular formula is C13H19NO4. The van der Waals surface area contributed by atoms with Crippen LogP contribution in [0.15, 0.2) is 18.2 Å². The van der Waals surface area contributed by atoms with E-state index < -0.39 is 11.8 Å². The largest absolute Gasteiger partial charge is 0.514 e. The van der Waals surface area contributed by atoms with Crippen molar-refractivity contribution in [3.63, 3.8) is 0 Å². The van der Waals surface area contributed by atoms with Gasteiger partial charge in [-0.05, 0) is 38.5 Å². The summed E-state index contributed by atoms with van der Waals surface area (Å²) < 4.78 is 15.3. The van der Waals surface area contributed by atoms with Crippen LogP contribution in [0.3, 0.4) is 0 Å². The smallest absolute Gasteiger partial charge is 0.493 e. The molecule has 5 nitrogen and oxygen atoms in total. The number of hydrogen-bond donors (Lipinski definition) is 1. The van der Waals surface area contributed by atoms with Gasteiger partial charge in [0.05, 0.1) is 7.11 Å². The van der Waals surface area contributed by atoms with E-state index in [1.807, 2.05) is 0 Å². The number of nitrogens with two attached hydrogens (primary N) is 1. The maximum absolute atomic E-state index is 11.5. The minimum atomic E-state index is -0.763. The first-order valence-corrected chi connectivity index (χ1v) is 5.63. The molecule has 1 aromatic carbocycles. The van der Waals surface area contributed by atoms with Crippen molar-refractivity contribution in [3.05, 3.63) is 23.8 Å². The molecule has 100 valence electrons. The summed E-state index contributed by atoms with van der Waals surface area (Å²) >= 11 is 0. The van der Waals surface area contributed by atoms with Gasteiger partial charge in [-0.25, -0.2) is 4.79 Å². The Morgan fingerprint density at radius 1 is 1.28 bits per heavy atom. The summed E-state index contributed by atoms with van der Waals surface area (Å²) in [6.45, 7) is 5.69. The molecule has 0 aliphatic heterocycles. The van der Waals surface area contributed by atoms with Crippen molar-refractivity contribution in [3.8, 4) is 11.5 Å². The zero-order chi connectivity index (χ0) is 13.8. The number of benzene rings is 1. The average Bonchev–Trinajstić information content (AvgIpc) is 2.27. The third-order valence-electron chi connectivity index (χ3n) is 2.05. The standard InChI is InChI=1S/C13H19NO4/c1-13(2,3)18-12(15)17-10-6-5-9(8-14)7-11(10)16-4/h5-7H,8,14H2,1-4H3. The zero-order valence-electron chi connectivity index (χ0n) is 11.1. The van der Waals surface area contributed by atoms with Gasteiger partial charge in [-0.1, -0.05) is 6.07 Å². The van der Waals surface area contributed by atoms with E-state index in [0.29, 0.717) is 18.0 Å². The van der Waals surface area contributed by atoms with Crippen molar-refractivity contribution in [1.82, 2.24) is 0 Å². The van der Waals surface area contributed by atoms with Crippen LogP contribution in [0, 0.1) is 0 Å². The van der Waals surface area contributed by atoms with Crippen LogP contribution in [-0.2, 0) is 11.3 Å². The molecule has 0 unspecified atom stereocenters. The Morgan fingerprint density at radius 3 is 2.44 bits per heavy atom. The summed E-state index contributed by atoms with van der Waals surface area (Å²) in [6.07, 6.45) is -0.763. The Hall–Kier alpha value is -1.75. The molecule has 1 rings (SSSR count). The SMILES string of the molecule is COc1cc(CN)ccc1OC(=O)OC(C)(C)C. The van der Waals surface area contributed by atoms with Crippen LogP contribution < -0.4 is 15.2 Å². The Morgan fingerprint density at radius 2 is 1.94 bits per heavy atom. The average molecular weight is 253 g/mol. The lowest BCUT2D eigenvalue weighted by atomic mass is 10.2. The second-order valence-corrected chi connectivity index (χ2v) is 4.76. The monoisotopic (exact) mass is 253 g/mol. The van der Waals surface area contributed by atoms with E-state index in [1.165, 1.54) is 7.11 Å². The van der Waals surface area contributed by atoms with Gasteiger partial charge in [0.25, 0.3) is 0 Å². The van der Waals surface area contributed by atoms with Crippen molar-refractivity contribution in [2.24, 2.45) is 5.73 Å². The first kappa shape index (κ1) is 14.3.